The number of rotatable bonds is 8. The predicted octanol–water partition coefficient (Wildman–Crippen LogP) is 29.5. The minimum absolute atomic E-state index is 0.0377. The Morgan fingerprint density at radius 3 is 0.824 bits per heavy atom. The summed E-state index contributed by atoms with van der Waals surface area (Å²) in [5, 5.41) is 7.57. The maximum absolute atomic E-state index is 5.36. The molecule has 0 amide bonds. The summed E-state index contributed by atoms with van der Waals surface area (Å²) in [6.45, 7) is 33.4. The van der Waals surface area contributed by atoms with Crippen molar-refractivity contribution in [2.45, 2.75) is 131 Å². The molecule has 0 spiro atoms. The van der Waals surface area contributed by atoms with Gasteiger partial charge in [-0.1, -0.05) is 377 Å². The summed E-state index contributed by atoms with van der Waals surface area (Å²) >= 11 is 0. The third-order valence-corrected chi connectivity index (χ3v) is 21.9. The molecule has 7 aromatic heterocycles. The summed E-state index contributed by atoms with van der Waals surface area (Å²) in [6.07, 6.45) is 3.67. The van der Waals surface area contributed by atoms with Crippen LogP contribution in [0.15, 0.2) is 370 Å². The molecule has 0 aliphatic carbocycles. The van der Waals surface area contributed by atoms with E-state index in [1.54, 1.807) is 0 Å². The van der Waals surface area contributed by atoms with E-state index in [1.807, 2.05) is 60.9 Å². The normalized spacial score (nSPS) is 11.8. The Kier molecular flexibility index (Phi) is 23.1. The fraction of sp³-hybridized carbons (Fsp3) is 0.180. The van der Waals surface area contributed by atoms with Crippen molar-refractivity contribution in [3.8, 4) is 73.5 Å². The number of benzene rings is 12. The average Bonchev–Trinajstić information content (AvgIpc) is 1.57. The number of aromatic nitrogens is 8. The van der Waals surface area contributed by atoms with Crippen LogP contribution in [0.25, 0.3) is 139 Å². The van der Waals surface area contributed by atoms with Gasteiger partial charge in [0.25, 0.3) is 0 Å². The lowest BCUT2D eigenvalue weighted by atomic mass is 9.81. The molecule has 19 rings (SSSR count). The first-order valence-corrected chi connectivity index (χ1v) is 41.5. The maximum Gasteiger partial charge on any atom is 0.140 e. The van der Waals surface area contributed by atoms with E-state index in [0.717, 1.165) is 62.5 Å². The summed E-state index contributed by atoms with van der Waals surface area (Å²) < 4.78 is 7.05. The number of fused-ring (bicyclic) bond motifs is 9. The van der Waals surface area contributed by atoms with E-state index in [1.165, 1.54) is 104 Å². The average molecular weight is 1550 g/mol. The van der Waals surface area contributed by atoms with Gasteiger partial charge in [-0.2, -0.15) is 0 Å². The Morgan fingerprint density at radius 1 is 0.210 bits per heavy atom. The smallest absolute Gasteiger partial charge is 0.140 e. The van der Waals surface area contributed by atoms with Crippen molar-refractivity contribution in [3.05, 3.63) is 398 Å². The van der Waals surface area contributed by atoms with Gasteiger partial charge in [-0.05, 0) is 134 Å². The lowest BCUT2D eigenvalue weighted by Gasteiger charge is -2.24. The van der Waals surface area contributed by atoms with Crippen LogP contribution < -0.4 is 0 Å². The van der Waals surface area contributed by atoms with Crippen molar-refractivity contribution >= 4 is 65.4 Å². The molecular formula is C111H106N8. The van der Waals surface area contributed by atoms with Gasteiger partial charge in [0.1, 0.15) is 17.5 Å². The molecule has 8 nitrogen and oxygen atoms in total. The molecule has 7 heterocycles. The van der Waals surface area contributed by atoms with Gasteiger partial charge < -0.3 is 4.57 Å². The van der Waals surface area contributed by atoms with Gasteiger partial charge in [0.15, 0.2) is 0 Å². The van der Waals surface area contributed by atoms with Crippen LogP contribution in [-0.4, -0.2) is 38.6 Å². The topological polar surface area (TPSA) is 79.2 Å². The van der Waals surface area contributed by atoms with Crippen LogP contribution in [0, 0.1) is 0 Å². The number of hydrogen-bond donors (Lipinski definition) is 0. The van der Waals surface area contributed by atoms with Crippen molar-refractivity contribution in [2.75, 3.05) is 0 Å². The monoisotopic (exact) mass is 1550 g/mol. The van der Waals surface area contributed by atoms with Crippen LogP contribution >= 0.6 is 0 Å². The zero-order chi connectivity index (χ0) is 83.2. The fourth-order valence-electron chi connectivity index (χ4n) is 15.6. The standard InChI is InChI=1S/C33H27N3.C28H25N.C21H21N.C20H20N2.C9H13N/c1-33(2,3)22-20-31(35-27-16-8-4-12-23(27)24-13-5-9-17-28(24)35)34-32(21-22)36-29-18-10-6-14-25(29)26-15-7-11-19-30(26)36;1-28(2,3)24-16-8-4-12-20(24)21-13-5-9-17-25(21)29-26-18-10-6-14-22(26)23-15-7-11-19-27(23)29;1-21(2,3)18-14-19(16-10-6-4-7-11-16)22-20(15-18)17-12-8-5-9-13-17;1-20(2,3)19-21-17(15-10-6-4-7-11-15)14-18(22-19)16-12-8-5-9-13-16;1-9(2,3)8-4-6-10-7-5-8/h4-21H,1-3H3;4-19H,1-3H3;4-15H,1-3H3;4-14H,1-3H3;4-7H,1-3H3. The molecule has 119 heavy (non-hydrogen) atoms. The molecule has 0 atom stereocenters. The Morgan fingerprint density at radius 2 is 0.496 bits per heavy atom. The van der Waals surface area contributed by atoms with Crippen LogP contribution in [0.4, 0.5) is 0 Å². The third kappa shape index (κ3) is 17.8. The van der Waals surface area contributed by atoms with Gasteiger partial charge in [0, 0.05) is 77.9 Å². The molecule has 0 radical (unpaired) electrons. The quantitative estimate of drug-likeness (QED) is 0.151. The summed E-state index contributed by atoms with van der Waals surface area (Å²) in [4.78, 5) is 23.8. The van der Waals surface area contributed by atoms with Crippen LogP contribution in [0.1, 0.15) is 132 Å². The zero-order valence-electron chi connectivity index (χ0n) is 71.3. The number of hydrogen-bond acceptors (Lipinski definition) is 5. The Labute approximate surface area is 702 Å². The predicted molar refractivity (Wildman–Crippen MR) is 505 cm³/mol. The minimum atomic E-state index is -0.0890. The highest BCUT2D eigenvalue weighted by Crippen LogP contribution is 2.42. The molecule has 0 aliphatic heterocycles. The molecule has 0 saturated carbocycles. The second-order valence-electron chi connectivity index (χ2n) is 35.8. The fourth-order valence-corrected chi connectivity index (χ4v) is 15.6. The molecular weight excluding hydrogens is 1450 g/mol. The van der Waals surface area contributed by atoms with E-state index in [-0.39, 0.29) is 27.1 Å². The van der Waals surface area contributed by atoms with Crippen LogP contribution in [0.3, 0.4) is 0 Å². The first kappa shape index (κ1) is 80.7. The SMILES string of the molecule is CC(C)(C)c1cc(-c2ccccc2)nc(-c2ccccc2)c1.CC(C)(C)c1cc(-n2c3ccccc3c3ccccc32)nc(-n2c3ccccc3c3ccccc32)c1.CC(C)(C)c1ccccc1-c1ccccc1-n1c2ccccc2c2ccccc21.CC(C)(C)c1ccncc1.CC(C)(C)c1nc(-c2ccccc2)cc(-c2ccccc2)n1. The van der Waals surface area contributed by atoms with Gasteiger partial charge in [-0.15, -0.1) is 0 Å². The molecule has 590 valence electrons. The van der Waals surface area contributed by atoms with Crippen LogP contribution in [0.2, 0.25) is 0 Å². The van der Waals surface area contributed by atoms with Crippen molar-refractivity contribution in [1.29, 1.82) is 0 Å². The number of nitrogens with zero attached hydrogens (tertiary/aromatic N) is 8. The van der Waals surface area contributed by atoms with Gasteiger partial charge in [0.2, 0.25) is 0 Å². The van der Waals surface area contributed by atoms with E-state index in [9.17, 15) is 0 Å². The van der Waals surface area contributed by atoms with Crippen molar-refractivity contribution in [2.24, 2.45) is 0 Å². The summed E-state index contributed by atoms with van der Waals surface area (Å²) in [5.41, 5.74) is 25.1. The highest BCUT2D eigenvalue weighted by Gasteiger charge is 2.26. The molecule has 0 aliphatic rings. The highest BCUT2D eigenvalue weighted by atomic mass is 15.1. The molecule has 12 aromatic carbocycles. The van der Waals surface area contributed by atoms with E-state index in [0.29, 0.717) is 0 Å². The van der Waals surface area contributed by atoms with Crippen LogP contribution in [0.5, 0.6) is 0 Å². The van der Waals surface area contributed by atoms with Crippen molar-refractivity contribution in [3.63, 3.8) is 0 Å². The van der Waals surface area contributed by atoms with Crippen molar-refractivity contribution < 1.29 is 0 Å². The Balaban J connectivity index is 0.000000121. The van der Waals surface area contributed by atoms with E-state index in [2.05, 4.69) is 432 Å². The van der Waals surface area contributed by atoms with Gasteiger partial charge in [0.05, 0.1) is 61.6 Å². The van der Waals surface area contributed by atoms with Crippen LogP contribution in [-0.2, 0) is 27.1 Å². The molecule has 0 fully saturated rings. The summed E-state index contributed by atoms with van der Waals surface area (Å²) in [5.74, 6) is 2.75. The lowest BCUT2D eigenvalue weighted by Crippen LogP contribution is -2.16. The number of pyridine rings is 3. The third-order valence-electron chi connectivity index (χ3n) is 21.9. The molecule has 0 N–H and O–H groups in total. The highest BCUT2D eigenvalue weighted by molar-refractivity contribution is 6.11. The van der Waals surface area contributed by atoms with E-state index >= 15 is 0 Å². The molecule has 19 aromatic rings. The van der Waals surface area contributed by atoms with E-state index < -0.39 is 0 Å². The Bertz CT molecular complexity index is 6170. The maximum atomic E-state index is 5.36. The first-order valence-electron chi connectivity index (χ1n) is 41.5. The second kappa shape index (κ2) is 34.0. The molecule has 8 heteroatoms. The zero-order valence-corrected chi connectivity index (χ0v) is 71.3. The first-order chi connectivity index (χ1) is 57.2. The second-order valence-corrected chi connectivity index (χ2v) is 35.8. The molecule has 0 bridgehead atoms. The number of para-hydroxylation sites is 7. The summed E-state index contributed by atoms with van der Waals surface area (Å²) in [6, 6.07) is 126. The minimum Gasteiger partial charge on any atom is -0.309 e. The van der Waals surface area contributed by atoms with Crippen molar-refractivity contribution in [1.82, 2.24) is 38.6 Å². The van der Waals surface area contributed by atoms with Gasteiger partial charge in [-0.25, -0.2) is 19.9 Å². The Hall–Kier alpha value is -13.4. The summed E-state index contributed by atoms with van der Waals surface area (Å²) in [7, 11) is 0. The lowest BCUT2D eigenvalue weighted by molar-refractivity contribution is 0.547. The van der Waals surface area contributed by atoms with Gasteiger partial charge in [-0.3, -0.25) is 14.1 Å². The largest absolute Gasteiger partial charge is 0.309 e. The molecule has 0 saturated heterocycles. The van der Waals surface area contributed by atoms with E-state index in [4.69, 9.17) is 19.9 Å². The van der Waals surface area contributed by atoms with Gasteiger partial charge >= 0.3 is 0 Å². The molecule has 0 unspecified atom stereocenters.